The molecule has 1 aromatic heterocycles. The normalized spacial score (nSPS) is 23.5. The Balaban J connectivity index is 1.34. The third kappa shape index (κ3) is 4.74. The molecule has 3 aliphatic rings. The van der Waals surface area contributed by atoms with Crippen molar-refractivity contribution in [2.24, 2.45) is 9.98 Å². The first-order valence-corrected chi connectivity index (χ1v) is 9.82. The van der Waals surface area contributed by atoms with Crippen molar-refractivity contribution < 1.29 is 32.6 Å². The molecule has 4 heterocycles. The van der Waals surface area contributed by atoms with E-state index in [1.165, 1.54) is 30.2 Å². The van der Waals surface area contributed by atoms with E-state index in [0.29, 0.717) is 16.7 Å². The van der Waals surface area contributed by atoms with Crippen LogP contribution in [0.1, 0.15) is 12.0 Å². The molecule has 4 N–H and O–H groups in total. The van der Waals surface area contributed by atoms with Crippen LogP contribution in [0.2, 0.25) is 0 Å². The molecule has 2 unspecified atom stereocenters. The number of aliphatic hydroxyl groups is 1. The van der Waals surface area contributed by atoms with Gasteiger partial charge in [0.05, 0.1) is 12.8 Å². The van der Waals surface area contributed by atoms with E-state index in [4.69, 9.17) is 4.42 Å². The highest BCUT2D eigenvalue weighted by Gasteiger charge is 2.45. The van der Waals surface area contributed by atoms with Gasteiger partial charge in [0.25, 0.3) is 5.91 Å². The quantitative estimate of drug-likeness (QED) is 0.507. The van der Waals surface area contributed by atoms with Crippen molar-refractivity contribution in [1.29, 1.82) is 0 Å². The van der Waals surface area contributed by atoms with Gasteiger partial charge in [-0.15, -0.1) is 8.78 Å². The topological polar surface area (TPSA) is 130 Å². The van der Waals surface area contributed by atoms with Gasteiger partial charge in [0.15, 0.2) is 34.6 Å². The van der Waals surface area contributed by atoms with Gasteiger partial charge in [0, 0.05) is 12.3 Å². The van der Waals surface area contributed by atoms with Crippen LogP contribution in [-0.2, 0) is 14.3 Å². The highest BCUT2D eigenvalue weighted by molar-refractivity contribution is 8.14. The van der Waals surface area contributed by atoms with Gasteiger partial charge in [0.1, 0.15) is 6.04 Å². The zero-order valence-electron chi connectivity index (χ0n) is 15.3. The van der Waals surface area contributed by atoms with E-state index in [-0.39, 0.29) is 30.6 Å². The number of halogens is 2. The molecule has 160 valence electrons. The number of carbonyl (C=O) groups is 1. The van der Waals surface area contributed by atoms with Crippen molar-refractivity contribution >= 4 is 28.8 Å². The Morgan fingerprint density at radius 2 is 2.17 bits per heavy atom. The van der Waals surface area contributed by atoms with Gasteiger partial charge in [-0.3, -0.25) is 10.1 Å². The van der Waals surface area contributed by atoms with Gasteiger partial charge >= 0.3 is 6.29 Å². The van der Waals surface area contributed by atoms with Crippen molar-refractivity contribution in [1.82, 2.24) is 16.0 Å². The molecule has 1 amide bonds. The molecule has 1 saturated heterocycles. The SMILES string of the molecule is O=C(NC1=NCC=C2OC(F)(F)OC2=CCN1)C1CSC(NC(O)c2ccco2)=N1. The maximum absolute atomic E-state index is 13.1. The van der Waals surface area contributed by atoms with Crippen LogP contribution in [0.25, 0.3) is 0 Å². The number of carbonyl (C=O) groups excluding carboxylic acids is 1. The molecule has 1 fully saturated rings. The van der Waals surface area contributed by atoms with Gasteiger partial charge in [-0.25, -0.2) is 9.98 Å². The molecule has 0 spiro atoms. The number of aliphatic imine (C=N–C) groups is 2. The first-order valence-electron chi connectivity index (χ1n) is 8.84. The number of hydrogen-bond acceptors (Lipinski definition) is 10. The van der Waals surface area contributed by atoms with Gasteiger partial charge < -0.3 is 29.6 Å². The molecule has 0 bridgehead atoms. The number of furan rings is 1. The number of rotatable bonds is 3. The molecule has 3 aliphatic heterocycles. The highest BCUT2D eigenvalue weighted by Crippen LogP contribution is 2.36. The lowest BCUT2D eigenvalue weighted by atomic mass is 10.3. The fraction of sp³-hybridized carbons (Fsp3) is 0.353. The number of amides is 1. The fourth-order valence-electron chi connectivity index (χ4n) is 2.68. The van der Waals surface area contributed by atoms with Crippen LogP contribution in [0, 0.1) is 0 Å². The minimum absolute atomic E-state index is 0.0143. The minimum atomic E-state index is -3.70. The largest absolute Gasteiger partial charge is 0.586 e. The Bertz CT molecular complexity index is 931. The number of alkyl halides is 2. The van der Waals surface area contributed by atoms with Crippen LogP contribution in [0.5, 0.6) is 0 Å². The number of guanidine groups is 1. The van der Waals surface area contributed by atoms with Gasteiger partial charge in [-0.2, -0.15) is 0 Å². The first-order chi connectivity index (χ1) is 14.4. The molecule has 4 rings (SSSR count). The smallest absolute Gasteiger partial charge is 0.465 e. The van der Waals surface area contributed by atoms with Crippen LogP contribution in [0.3, 0.4) is 0 Å². The number of aliphatic hydroxyl groups excluding tert-OH is 1. The Kier molecular flexibility index (Phi) is 5.63. The molecular formula is C17H17F2N5O5S. The maximum atomic E-state index is 13.1. The summed E-state index contributed by atoms with van der Waals surface area (Å²) in [5, 5.41) is 18.7. The average molecular weight is 441 g/mol. The molecule has 0 radical (unpaired) electrons. The summed E-state index contributed by atoms with van der Waals surface area (Å²) in [6.07, 6.45) is -0.653. The second-order valence-electron chi connectivity index (χ2n) is 6.19. The number of hydrogen-bond donors (Lipinski definition) is 4. The van der Waals surface area contributed by atoms with Crippen molar-refractivity contribution in [3.8, 4) is 0 Å². The number of nitrogens with zero attached hydrogens (tertiary/aromatic N) is 2. The van der Waals surface area contributed by atoms with Crippen molar-refractivity contribution in [3.63, 3.8) is 0 Å². The molecule has 1 aromatic rings. The summed E-state index contributed by atoms with van der Waals surface area (Å²) < 4.78 is 40.2. The van der Waals surface area contributed by atoms with Crippen LogP contribution in [0.15, 0.2) is 56.5 Å². The van der Waals surface area contributed by atoms with Gasteiger partial charge in [-0.1, -0.05) is 11.8 Å². The van der Waals surface area contributed by atoms with Gasteiger partial charge in [0.2, 0.25) is 0 Å². The van der Waals surface area contributed by atoms with E-state index in [0.717, 1.165) is 0 Å². The lowest BCUT2D eigenvalue weighted by molar-refractivity contribution is -0.326. The monoisotopic (exact) mass is 441 g/mol. The number of ether oxygens (including phenoxy) is 2. The number of fused-ring (bicyclic) bond motifs is 1. The summed E-state index contributed by atoms with van der Waals surface area (Å²) in [5.74, 6) is 0.249. The fourth-order valence-corrected chi connectivity index (χ4v) is 3.62. The second-order valence-corrected chi connectivity index (χ2v) is 7.20. The van der Waals surface area contributed by atoms with E-state index in [1.807, 2.05) is 0 Å². The molecule has 0 saturated carbocycles. The van der Waals surface area contributed by atoms with Crippen LogP contribution < -0.4 is 16.0 Å². The van der Waals surface area contributed by atoms with Crippen LogP contribution in [-0.4, -0.2) is 53.3 Å². The van der Waals surface area contributed by atoms with E-state index >= 15 is 0 Å². The predicted molar refractivity (Wildman–Crippen MR) is 102 cm³/mol. The second kappa shape index (κ2) is 8.36. The highest BCUT2D eigenvalue weighted by atomic mass is 32.2. The molecule has 10 nitrogen and oxygen atoms in total. The van der Waals surface area contributed by atoms with E-state index in [2.05, 4.69) is 35.4 Å². The summed E-state index contributed by atoms with van der Waals surface area (Å²) in [4.78, 5) is 20.9. The first kappa shape index (κ1) is 20.2. The Labute approximate surface area is 173 Å². The summed E-state index contributed by atoms with van der Waals surface area (Å²) >= 11 is 1.28. The summed E-state index contributed by atoms with van der Waals surface area (Å²) in [5.41, 5.74) is 0. The molecular weight excluding hydrogens is 424 g/mol. The molecule has 0 aliphatic carbocycles. The van der Waals surface area contributed by atoms with Crippen molar-refractivity contribution in [2.45, 2.75) is 18.6 Å². The Morgan fingerprint density at radius 1 is 1.37 bits per heavy atom. The standard InChI is InChI=1S/C17H17F2N5O5S/c18-17(19)28-10-3-5-20-15(21-6-4-11(10)29-17)23-13(25)9-8-30-16(22-9)24-14(26)12-2-1-7-27-12/h1-4,7,9,14,26H,5-6,8H2,(H,22,24)(H2,20,21,23,25). The summed E-state index contributed by atoms with van der Waals surface area (Å²) in [6, 6.07) is 2.56. The molecule has 13 heteroatoms. The van der Waals surface area contributed by atoms with E-state index in [1.54, 1.807) is 12.1 Å². The molecule has 2 atom stereocenters. The maximum Gasteiger partial charge on any atom is 0.586 e. The molecule has 30 heavy (non-hydrogen) atoms. The third-order valence-corrected chi connectivity index (χ3v) is 5.03. The van der Waals surface area contributed by atoms with Gasteiger partial charge in [-0.05, 0) is 24.3 Å². The van der Waals surface area contributed by atoms with Crippen molar-refractivity contribution in [3.05, 3.63) is 47.8 Å². The number of amidine groups is 1. The van der Waals surface area contributed by atoms with E-state index in [9.17, 15) is 18.7 Å². The summed E-state index contributed by atoms with van der Waals surface area (Å²) in [7, 11) is 0. The zero-order chi connectivity index (χ0) is 21.1. The minimum Gasteiger partial charge on any atom is -0.465 e. The zero-order valence-corrected chi connectivity index (χ0v) is 16.1. The number of nitrogens with one attached hydrogen (secondary N) is 3. The third-order valence-electron chi connectivity index (χ3n) is 4.05. The predicted octanol–water partition coefficient (Wildman–Crippen LogP) is 0.772. The van der Waals surface area contributed by atoms with E-state index < -0.39 is 24.5 Å². The Hall–Kier alpha value is -3.06. The molecule has 0 aromatic carbocycles. The van der Waals surface area contributed by atoms with Crippen LogP contribution >= 0.6 is 11.8 Å². The van der Waals surface area contributed by atoms with Crippen molar-refractivity contribution in [2.75, 3.05) is 18.8 Å². The summed E-state index contributed by atoms with van der Waals surface area (Å²) in [6.45, 7) is 0.0651. The lowest BCUT2D eigenvalue weighted by Crippen LogP contribution is -2.45. The lowest BCUT2D eigenvalue weighted by Gasteiger charge is -2.12. The Morgan fingerprint density at radius 3 is 2.93 bits per heavy atom. The van der Waals surface area contributed by atoms with Crippen LogP contribution in [0.4, 0.5) is 8.78 Å². The average Bonchev–Trinajstić information content (AvgIpc) is 3.41. The number of thioether (sulfide) groups is 1.